The number of aliphatic carboxylic acids is 1. The van der Waals surface area contributed by atoms with Crippen LogP contribution in [0.1, 0.15) is 92.9 Å². The highest BCUT2D eigenvalue weighted by Gasteiger charge is 2.31. The van der Waals surface area contributed by atoms with Crippen LogP contribution in [-0.4, -0.2) is 76.5 Å². The summed E-state index contributed by atoms with van der Waals surface area (Å²) in [7, 11) is 5.13. The molecule has 58 heavy (non-hydrogen) atoms. The molecule has 0 spiro atoms. The Morgan fingerprint density at radius 2 is 0.914 bits per heavy atom. The van der Waals surface area contributed by atoms with Gasteiger partial charge in [-0.2, -0.15) is 0 Å². The summed E-state index contributed by atoms with van der Waals surface area (Å²) in [5.74, 6) is -3.19. The van der Waals surface area contributed by atoms with Crippen LogP contribution < -0.4 is 10.6 Å². The maximum Gasteiger partial charge on any atom is 0.309 e. The lowest BCUT2D eigenvalue weighted by Gasteiger charge is -2.17. The quantitative estimate of drug-likeness (QED) is 0.0454. The molecule has 10 nitrogen and oxygen atoms in total. The Morgan fingerprint density at radius 3 is 1.26 bits per heavy atom. The monoisotopic (exact) mass is 792 g/mol. The van der Waals surface area contributed by atoms with Gasteiger partial charge < -0.3 is 30.0 Å². The van der Waals surface area contributed by atoms with E-state index in [9.17, 15) is 24.3 Å². The van der Waals surface area contributed by atoms with Crippen molar-refractivity contribution in [2.24, 2.45) is 11.8 Å². The predicted molar refractivity (Wildman–Crippen MR) is 228 cm³/mol. The summed E-state index contributed by atoms with van der Waals surface area (Å²) in [4.78, 5) is 48.3. The number of benzene rings is 4. The van der Waals surface area contributed by atoms with Crippen LogP contribution in [0.15, 0.2) is 97.1 Å². The number of hydrogen-bond acceptors (Lipinski definition) is 9. The summed E-state index contributed by atoms with van der Waals surface area (Å²) in [6.07, 6.45) is 4.57. The van der Waals surface area contributed by atoms with E-state index < -0.39 is 23.8 Å². The summed E-state index contributed by atoms with van der Waals surface area (Å²) < 4.78 is 16.0. The number of carboxylic acids is 1. The normalized spacial score (nSPS) is 13.3. The van der Waals surface area contributed by atoms with Gasteiger partial charge in [0.05, 0.1) is 31.8 Å². The first-order valence-electron chi connectivity index (χ1n) is 20.0. The van der Waals surface area contributed by atoms with Gasteiger partial charge >= 0.3 is 23.9 Å². The number of carbonyl (C=O) groups excluding carboxylic acids is 3. The number of methoxy groups -OCH3 is 1. The third-order valence-corrected chi connectivity index (χ3v) is 10.9. The smallest absolute Gasteiger partial charge is 0.309 e. The molecule has 0 heterocycles. The second-order valence-electron chi connectivity index (χ2n) is 14.7. The molecule has 0 bridgehead atoms. The Balaban J connectivity index is 0.000000252. The summed E-state index contributed by atoms with van der Waals surface area (Å²) in [5, 5.41) is 15.5. The average molecular weight is 793 g/mol. The molecule has 0 radical (unpaired) electrons. The van der Waals surface area contributed by atoms with Crippen molar-refractivity contribution >= 4 is 23.9 Å². The Bertz CT molecular complexity index is 1870. The molecule has 4 aromatic rings. The van der Waals surface area contributed by atoms with Gasteiger partial charge in [-0.3, -0.25) is 19.2 Å². The summed E-state index contributed by atoms with van der Waals surface area (Å²) >= 11 is 0. The van der Waals surface area contributed by atoms with Crippen LogP contribution in [0, 0.1) is 11.8 Å². The molecule has 0 aromatic heterocycles. The third-order valence-electron chi connectivity index (χ3n) is 10.9. The van der Waals surface area contributed by atoms with Crippen molar-refractivity contribution in [2.45, 2.75) is 70.6 Å². The molecule has 0 aliphatic heterocycles. The fourth-order valence-electron chi connectivity index (χ4n) is 7.92. The van der Waals surface area contributed by atoms with Crippen molar-refractivity contribution in [1.82, 2.24) is 10.6 Å². The number of ether oxygens (including phenoxy) is 3. The van der Waals surface area contributed by atoms with Gasteiger partial charge in [-0.1, -0.05) is 117 Å². The summed E-state index contributed by atoms with van der Waals surface area (Å²) in [6.45, 7) is 2.25. The van der Waals surface area contributed by atoms with Crippen molar-refractivity contribution in [3.8, 4) is 22.3 Å². The minimum atomic E-state index is -0.932. The van der Waals surface area contributed by atoms with Gasteiger partial charge in [0.25, 0.3) is 0 Å². The fraction of sp³-hybridized carbons (Fsp3) is 0.417. The van der Waals surface area contributed by atoms with E-state index in [1.54, 1.807) is 0 Å². The fourth-order valence-corrected chi connectivity index (χ4v) is 7.92. The first kappa shape index (κ1) is 45.4. The highest BCUT2D eigenvalue weighted by Crippen LogP contribution is 2.45. The minimum absolute atomic E-state index is 0. The van der Waals surface area contributed by atoms with Gasteiger partial charge in [-0.15, -0.1) is 0 Å². The van der Waals surface area contributed by atoms with Crippen molar-refractivity contribution < 1.29 is 38.5 Å². The highest BCUT2D eigenvalue weighted by molar-refractivity contribution is 5.82. The Labute approximate surface area is 343 Å². The van der Waals surface area contributed by atoms with E-state index in [0.29, 0.717) is 12.8 Å². The number of hydrogen-bond donors (Lipinski definition) is 3. The molecule has 0 saturated carbocycles. The molecule has 3 N–H and O–H groups in total. The van der Waals surface area contributed by atoms with E-state index in [4.69, 9.17) is 14.2 Å². The van der Waals surface area contributed by atoms with Crippen molar-refractivity contribution in [3.63, 3.8) is 0 Å². The number of nitrogens with one attached hydrogen (secondary N) is 2. The number of carboxylic acid groups (broad SMARTS) is 1. The van der Waals surface area contributed by atoms with Gasteiger partial charge in [0, 0.05) is 11.8 Å². The zero-order chi connectivity index (χ0) is 40.6. The largest absolute Gasteiger partial charge is 0.481 e. The lowest BCUT2D eigenvalue weighted by molar-refractivity contribution is -0.153. The summed E-state index contributed by atoms with van der Waals surface area (Å²) in [6, 6.07) is 32.8. The molecule has 310 valence electrons. The molecular weight excluding hydrogens is 733 g/mol. The van der Waals surface area contributed by atoms with E-state index >= 15 is 0 Å². The van der Waals surface area contributed by atoms with Gasteiger partial charge in [-0.05, 0) is 97.4 Å². The standard InChI is InChI=1S/C24H29NO4.C23H27NO4.CH4/c1-25-14-8-7-9-17(24(27)28-2)15-23(26)29-16-22-20-12-5-3-10-18(20)19-11-4-6-13-21(19)22;1-24-13-7-6-8-16(23(26)27)14-22(25)28-15-21-19-11-4-2-9-17(19)18-10-3-5-12-20(18)21;/h3-6,10-13,17,22,25H,7-9,14-16H2,1-2H3;2-5,9-12,16,21,24H,6-8,13-15H2,1H3,(H,26,27);1H4/t17-;16-;/m11./s1. The van der Waals surface area contributed by atoms with Crippen LogP contribution in [-0.2, 0) is 33.4 Å². The van der Waals surface area contributed by atoms with E-state index in [1.807, 2.05) is 62.6 Å². The molecule has 0 unspecified atom stereocenters. The second kappa shape index (κ2) is 23.2. The number of rotatable bonds is 20. The van der Waals surface area contributed by atoms with Gasteiger partial charge in [0.1, 0.15) is 13.2 Å². The maximum absolute atomic E-state index is 12.5. The number of carbonyl (C=O) groups is 4. The molecule has 2 aliphatic rings. The van der Waals surface area contributed by atoms with Crippen molar-refractivity contribution in [1.29, 1.82) is 0 Å². The SMILES string of the molecule is C.CNCCCC[C@H](CC(=O)OCC1c2ccccc2-c2ccccc21)C(=O)O.CNCCCC[C@H](CC(=O)OCC1c2ccccc2-c2ccccc21)C(=O)OC. The van der Waals surface area contributed by atoms with E-state index in [-0.39, 0.29) is 57.3 Å². The van der Waals surface area contributed by atoms with Crippen LogP contribution in [0.2, 0.25) is 0 Å². The van der Waals surface area contributed by atoms with Gasteiger partial charge in [-0.25, -0.2) is 0 Å². The Kier molecular flexibility index (Phi) is 18.1. The summed E-state index contributed by atoms with van der Waals surface area (Å²) in [5.41, 5.74) is 9.40. The predicted octanol–water partition coefficient (Wildman–Crippen LogP) is 8.37. The van der Waals surface area contributed by atoms with Gasteiger partial charge in [0.2, 0.25) is 0 Å². The molecule has 4 aromatic carbocycles. The van der Waals surface area contributed by atoms with E-state index in [1.165, 1.54) is 40.5 Å². The van der Waals surface area contributed by atoms with Crippen molar-refractivity contribution in [3.05, 3.63) is 119 Å². The zero-order valence-corrected chi connectivity index (χ0v) is 33.3. The molecule has 0 fully saturated rings. The number of unbranched alkanes of at least 4 members (excludes halogenated alkanes) is 2. The third kappa shape index (κ3) is 11.9. The molecular formula is C48H60N2O8. The number of fused-ring (bicyclic) bond motifs is 6. The first-order chi connectivity index (χ1) is 27.8. The second-order valence-corrected chi connectivity index (χ2v) is 14.7. The van der Waals surface area contributed by atoms with E-state index in [2.05, 4.69) is 59.2 Å². The average Bonchev–Trinajstić information content (AvgIpc) is 3.73. The lowest BCUT2D eigenvalue weighted by Crippen LogP contribution is -2.22. The lowest BCUT2D eigenvalue weighted by atomic mass is 9.97. The van der Waals surface area contributed by atoms with Gasteiger partial charge in [0.15, 0.2) is 0 Å². The molecule has 2 aliphatic carbocycles. The van der Waals surface area contributed by atoms with E-state index in [0.717, 1.165) is 49.9 Å². The Hall–Kier alpha value is -5.32. The first-order valence-corrected chi connectivity index (χ1v) is 20.0. The molecule has 10 heteroatoms. The minimum Gasteiger partial charge on any atom is -0.481 e. The van der Waals surface area contributed by atoms with Crippen LogP contribution in [0.4, 0.5) is 0 Å². The molecule has 0 amide bonds. The zero-order valence-electron chi connectivity index (χ0n) is 33.3. The van der Waals surface area contributed by atoms with Crippen LogP contribution in [0.25, 0.3) is 22.3 Å². The van der Waals surface area contributed by atoms with Crippen LogP contribution in [0.5, 0.6) is 0 Å². The topological polar surface area (TPSA) is 140 Å². The van der Waals surface area contributed by atoms with Crippen molar-refractivity contribution in [2.75, 3.05) is 47.5 Å². The maximum atomic E-state index is 12.5. The Morgan fingerprint density at radius 1 is 0.569 bits per heavy atom. The van der Waals surface area contributed by atoms with Crippen LogP contribution in [0.3, 0.4) is 0 Å². The number of esters is 3. The molecule has 6 rings (SSSR count). The highest BCUT2D eigenvalue weighted by atomic mass is 16.5. The molecule has 2 atom stereocenters. The van der Waals surface area contributed by atoms with Crippen LogP contribution >= 0.6 is 0 Å². The molecule has 0 saturated heterocycles.